The summed E-state index contributed by atoms with van der Waals surface area (Å²) in [6.45, 7) is 28.3. The van der Waals surface area contributed by atoms with Crippen LogP contribution in [0.15, 0.2) is 146 Å². The van der Waals surface area contributed by atoms with Crippen molar-refractivity contribution in [2.75, 3.05) is 113 Å². The number of nitrogens with one attached hydrogen (secondary N) is 5. The third-order valence-electron chi connectivity index (χ3n) is 28.4. The molecule has 8 aromatic rings. The van der Waals surface area contributed by atoms with E-state index in [0.717, 1.165) is 258 Å². The van der Waals surface area contributed by atoms with Crippen LogP contribution in [0.4, 0.5) is 27.5 Å². The molecule has 0 bridgehead atoms. The monoisotopic (exact) mass is 1930 g/mol. The number of nitrogens with zero attached hydrogens (tertiary/aromatic N) is 6. The molecule has 0 aromatic heterocycles. The van der Waals surface area contributed by atoms with Gasteiger partial charge in [-0.25, -0.2) is 4.79 Å². The standard InChI is InChI=1S/C27H35Cl2N3O.C26H33Cl2N3O2.C26H34ClN3O.C24H29Cl3N4O.CH4/c1-17-6-8-23(25(29)14-17)18(2)31-26-16-20(7-9-24(26)28)19-10-12-32(13-11-19)22-5-3-4-21(15-22)27(30)33;1-17-3-5-22(24(28)13-17)18(2)29-25-14-20(4-6-23(25)27)19-7-10-30(11-8-19)21-9-12-31(15-21)26(33)16-32;1-17-6-9-22(23(27)15-17)19(3)29-25-16-21(8-7-18(25)2)20-10-13-30(14-11-20)26(31)24-5-4-12-28-24;1-15(20-4-3-18(25)13-22(20)27)29-23-12-17(2-5-21(23)26)16-6-9-30(10-7-16)19-8-11-31(14-19)24(28)32;/h6-9,14,16,18-19,21-22,31H,3-5,10-13,15H2,1-2H3,(H2,30,33);3-6,13-14,18-19,21,29,32H,7-12,15-16H2,1-2H3;6-9,15-16,19-20,24,28-29H,4-5,10-14H2,1-3H3;2-5,12-13,15-16,19,29H,6-11,14H2,1H3,(H2,28,32);1H4/t18?,21-,22-;;;15?,19-;/m1..1./s1. The zero-order chi connectivity index (χ0) is 91.9. The summed E-state index contributed by atoms with van der Waals surface area (Å²) in [5.74, 6) is 2.07. The van der Waals surface area contributed by atoms with Gasteiger partial charge in [-0.3, -0.25) is 24.2 Å². The molecule has 5 amide bonds. The van der Waals surface area contributed by atoms with Crippen molar-refractivity contribution in [2.24, 2.45) is 17.4 Å². The average Bonchev–Trinajstić information content (AvgIpc) is 0.928. The molecule has 702 valence electrons. The lowest BCUT2D eigenvalue weighted by molar-refractivity contribution is -0.134. The average molecular weight is 1930 g/mol. The van der Waals surface area contributed by atoms with E-state index < -0.39 is 6.61 Å². The van der Waals surface area contributed by atoms with Crippen molar-refractivity contribution in [1.29, 1.82) is 0 Å². The van der Waals surface area contributed by atoms with E-state index >= 15 is 0 Å². The summed E-state index contributed by atoms with van der Waals surface area (Å²) < 4.78 is 0. The lowest BCUT2D eigenvalue weighted by Crippen LogP contribution is -2.46. The molecular weight excluding hydrogens is 1790 g/mol. The van der Waals surface area contributed by atoms with Crippen molar-refractivity contribution >= 4 is 139 Å². The molecule has 9 atom stereocenters. The van der Waals surface area contributed by atoms with Crippen LogP contribution in [-0.4, -0.2) is 174 Å². The number of carbonyl (C=O) groups is 4. The number of aliphatic hydroxyl groups excluding tert-OH is 1. The number of primary amides is 2. The Hall–Kier alpha value is -7.24. The first-order valence-corrected chi connectivity index (χ1v) is 49.7. The number of amides is 5. The van der Waals surface area contributed by atoms with Crippen LogP contribution in [-0.2, 0) is 14.4 Å². The number of halogens is 8. The molecule has 7 heterocycles. The van der Waals surface area contributed by atoms with Crippen LogP contribution in [0.5, 0.6) is 0 Å². The molecule has 7 saturated heterocycles. The second-order valence-corrected chi connectivity index (χ2v) is 40.5. The minimum atomic E-state index is -0.392. The second kappa shape index (κ2) is 47.8. The summed E-state index contributed by atoms with van der Waals surface area (Å²) in [5.41, 5.74) is 29.2. The molecule has 8 aromatic carbocycles. The number of carbonyl (C=O) groups excluding carboxylic acids is 4. The van der Waals surface area contributed by atoms with Crippen LogP contribution >= 0.6 is 92.8 Å². The zero-order valence-electron chi connectivity index (χ0n) is 76.0. The highest BCUT2D eigenvalue weighted by molar-refractivity contribution is 6.36. The number of piperidine rings is 4. The Morgan fingerprint density at radius 2 is 0.754 bits per heavy atom. The summed E-state index contributed by atoms with van der Waals surface area (Å²) in [5, 5.41) is 32.5. The Kier molecular flexibility index (Phi) is 37.4. The van der Waals surface area contributed by atoms with Gasteiger partial charge in [-0.1, -0.05) is 179 Å². The highest BCUT2D eigenvalue weighted by Gasteiger charge is 2.38. The van der Waals surface area contributed by atoms with Crippen LogP contribution < -0.4 is 38.1 Å². The van der Waals surface area contributed by atoms with Crippen LogP contribution in [0.2, 0.25) is 40.2 Å². The van der Waals surface area contributed by atoms with Gasteiger partial charge in [0.2, 0.25) is 17.7 Å². The molecule has 0 radical (unpaired) electrons. The number of aryl methyl sites for hydroxylation is 4. The normalized spacial score (nSPS) is 21.3. The molecule has 7 aliphatic heterocycles. The molecule has 26 heteroatoms. The molecule has 1 aliphatic carbocycles. The van der Waals surface area contributed by atoms with E-state index in [1.54, 1.807) is 15.9 Å². The number of benzene rings is 8. The molecule has 1 saturated carbocycles. The van der Waals surface area contributed by atoms with E-state index in [4.69, 9.17) is 109 Å². The molecule has 16 rings (SSSR count). The second-order valence-electron chi connectivity index (χ2n) is 37.3. The Morgan fingerprint density at radius 3 is 1.13 bits per heavy atom. The summed E-state index contributed by atoms with van der Waals surface area (Å²) in [4.78, 5) is 60.8. The zero-order valence-corrected chi connectivity index (χ0v) is 82.1. The molecular formula is C104H135Cl8N13O5. The number of urea groups is 1. The maximum Gasteiger partial charge on any atom is 0.314 e. The molecule has 8 aliphatic rings. The minimum Gasteiger partial charge on any atom is -0.387 e. The highest BCUT2D eigenvalue weighted by Crippen LogP contribution is 2.43. The van der Waals surface area contributed by atoms with Gasteiger partial charge >= 0.3 is 6.03 Å². The van der Waals surface area contributed by atoms with Crippen molar-refractivity contribution in [3.8, 4) is 0 Å². The van der Waals surface area contributed by atoms with Gasteiger partial charge in [0.15, 0.2) is 0 Å². The number of aliphatic hydroxyl groups is 1. The molecule has 18 nitrogen and oxygen atoms in total. The number of likely N-dealkylation sites (tertiary alicyclic amines) is 6. The van der Waals surface area contributed by atoms with Crippen LogP contribution in [0, 0.1) is 33.6 Å². The van der Waals surface area contributed by atoms with Gasteiger partial charge in [0.25, 0.3) is 0 Å². The molecule has 130 heavy (non-hydrogen) atoms. The third-order valence-corrected chi connectivity index (χ3v) is 30.9. The summed E-state index contributed by atoms with van der Waals surface area (Å²) in [6.07, 6.45) is 16.9. The van der Waals surface area contributed by atoms with Crippen molar-refractivity contribution < 1.29 is 24.3 Å². The van der Waals surface area contributed by atoms with Gasteiger partial charge < -0.3 is 62.8 Å². The first-order chi connectivity index (χ1) is 61.9. The van der Waals surface area contributed by atoms with Crippen molar-refractivity contribution in [2.45, 2.75) is 238 Å². The Bertz CT molecular complexity index is 5140. The number of anilines is 4. The van der Waals surface area contributed by atoms with E-state index in [-0.39, 0.29) is 61.4 Å². The fraction of sp³-hybridized carbons (Fsp3) is 0.500. The Balaban J connectivity index is 0.000000156. The van der Waals surface area contributed by atoms with E-state index in [1.807, 2.05) is 62.4 Å². The van der Waals surface area contributed by atoms with Gasteiger partial charge in [-0.15, -0.1) is 0 Å². The molecule has 6 unspecified atom stereocenters. The van der Waals surface area contributed by atoms with Crippen LogP contribution in [0.1, 0.15) is 252 Å². The Labute approximate surface area is 812 Å². The largest absolute Gasteiger partial charge is 0.387 e. The van der Waals surface area contributed by atoms with E-state index in [2.05, 4.69) is 179 Å². The Morgan fingerprint density at radius 1 is 0.392 bits per heavy atom. The number of hydrogen-bond donors (Lipinski definition) is 8. The maximum absolute atomic E-state index is 12.7. The van der Waals surface area contributed by atoms with E-state index in [0.29, 0.717) is 67.8 Å². The van der Waals surface area contributed by atoms with Gasteiger partial charge in [-0.2, -0.15) is 0 Å². The van der Waals surface area contributed by atoms with Gasteiger partial charge in [0, 0.05) is 100 Å². The first-order valence-electron chi connectivity index (χ1n) is 46.7. The van der Waals surface area contributed by atoms with Gasteiger partial charge in [0.05, 0.1) is 56.3 Å². The van der Waals surface area contributed by atoms with E-state index in [1.165, 1.54) is 39.8 Å². The summed E-state index contributed by atoms with van der Waals surface area (Å²) in [6, 6.07) is 51.1. The summed E-state index contributed by atoms with van der Waals surface area (Å²) >= 11 is 51.5. The number of rotatable bonds is 22. The predicted octanol–water partition coefficient (Wildman–Crippen LogP) is 24.3. The SMILES string of the molecule is C.CC(Nc1cc(C2CCN([C@@H]3CCN(C(N)=O)C3)CC2)ccc1Cl)c1ccc(Cl)cc1Cl.Cc1ccc(C(C)Nc2cc(C3CCN(C(=O)C4CCCN4)CC3)ccc2C)c(Cl)c1.Cc1ccc(C(C)Nc2cc(C3CCN(C4CCN(C(=O)CO)C4)CC3)ccc2Cl)c(Cl)c1.Cc1ccc(C(C)Nc2cc(C3CCN([C@@H]4CCC[C@@H](C(N)=O)C4)CC3)ccc2Cl)c(Cl)c1. The third kappa shape index (κ3) is 26.9. The fourth-order valence-electron chi connectivity index (χ4n) is 20.5. The van der Waals surface area contributed by atoms with E-state index in [9.17, 15) is 19.2 Å². The number of nitrogens with two attached hydrogens (primary N) is 2. The topological polar surface area (TPSA) is 220 Å². The van der Waals surface area contributed by atoms with Crippen molar-refractivity contribution in [3.05, 3.63) is 253 Å². The van der Waals surface area contributed by atoms with Crippen molar-refractivity contribution in [1.82, 2.24) is 34.7 Å². The van der Waals surface area contributed by atoms with Crippen molar-refractivity contribution in [3.63, 3.8) is 0 Å². The minimum absolute atomic E-state index is 0. The first kappa shape index (κ1) is 102. The van der Waals surface area contributed by atoms with Crippen LogP contribution in [0.25, 0.3) is 0 Å². The lowest BCUT2D eigenvalue weighted by atomic mass is 9.82. The summed E-state index contributed by atoms with van der Waals surface area (Å²) in [7, 11) is 0. The van der Waals surface area contributed by atoms with Crippen LogP contribution in [0.3, 0.4) is 0 Å². The highest BCUT2D eigenvalue weighted by atomic mass is 35.5. The molecule has 0 spiro atoms. The molecule has 10 N–H and O–H groups in total. The van der Waals surface area contributed by atoms with Gasteiger partial charge in [0.1, 0.15) is 6.61 Å². The van der Waals surface area contributed by atoms with Gasteiger partial charge in [-0.05, 0) is 361 Å². The smallest absolute Gasteiger partial charge is 0.314 e. The number of hydrogen-bond acceptors (Lipinski definition) is 13. The lowest BCUT2D eigenvalue weighted by Gasteiger charge is -2.41. The quantitative estimate of drug-likeness (QED) is 0.0317. The maximum atomic E-state index is 12.7. The fourth-order valence-corrected chi connectivity index (χ4v) is 22.8. The molecule has 8 fully saturated rings. The predicted molar refractivity (Wildman–Crippen MR) is 542 cm³/mol.